The molecule has 2 heterocycles. The monoisotopic (exact) mass is 550 g/mol. The van der Waals surface area contributed by atoms with Crippen molar-refractivity contribution in [3.05, 3.63) is 69.8 Å². The molecule has 11 heteroatoms. The molecule has 2 atom stereocenters. The Morgan fingerprint density at radius 1 is 0.730 bits per heavy atom. The van der Waals surface area contributed by atoms with Crippen LogP contribution in [-0.4, -0.2) is 42.6 Å². The Labute approximate surface area is 217 Å². The highest BCUT2D eigenvalue weighted by molar-refractivity contribution is 7.86. The molecule has 9 nitrogen and oxygen atoms in total. The van der Waals surface area contributed by atoms with E-state index < -0.39 is 32.8 Å². The van der Waals surface area contributed by atoms with Crippen molar-refractivity contribution in [3.63, 3.8) is 0 Å². The van der Waals surface area contributed by atoms with Crippen molar-refractivity contribution in [2.45, 2.75) is 39.3 Å². The minimum atomic E-state index is -3.45. The summed E-state index contributed by atoms with van der Waals surface area (Å²) in [6, 6.07) is 7.84. The first kappa shape index (κ1) is 27.3. The third-order valence-corrected chi connectivity index (χ3v) is 6.83. The summed E-state index contributed by atoms with van der Waals surface area (Å²) in [6.07, 6.45) is 9.19. The Hall–Kier alpha value is -2.70. The average molecular weight is 551 g/mol. The number of benzene rings is 2. The summed E-state index contributed by atoms with van der Waals surface area (Å²) < 4.78 is 72.5. The van der Waals surface area contributed by atoms with Crippen molar-refractivity contribution in [3.8, 4) is 11.5 Å². The molecule has 0 aliphatic carbocycles. The van der Waals surface area contributed by atoms with E-state index in [1.165, 1.54) is 0 Å². The molecule has 2 aromatic carbocycles. The van der Waals surface area contributed by atoms with E-state index in [1.54, 1.807) is 0 Å². The van der Waals surface area contributed by atoms with Crippen molar-refractivity contribution in [2.24, 2.45) is 0 Å². The van der Waals surface area contributed by atoms with Crippen molar-refractivity contribution < 1.29 is 39.4 Å². The number of ether oxygens (including phenoxy) is 3. The van der Waals surface area contributed by atoms with Crippen LogP contribution in [-0.2, 0) is 33.3 Å². The standard InChI is InChI=1S/C26H30O9S2/c1-17-13-19(9-5-7-11-31-36(3,27)28)15-21-23(17)33-26-22-16-20(10-6-8-12-32-37(4,29)30)14-18(2)24(22)34-25(21)35-26/h5-6,9-10,13-16,25-26H,7-8,11-12H2,1-4H3/b9-5+,10-6+. The Balaban J connectivity index is 1.49. The third-order valence-electron chi connectivity index (χ3n) is 5.64. The van der Waals surface area contributed by atoms with E-state index in [2.05, 4.69) is 0 Å². The number of aryl methyl sites for hydroxylation is 2. The van der Waals surface area contributed by atoms with Gasteiger partial charge in [-0.15, -0.1) is 0 Å². The van der Waals surface area contributed by atoms with Gasteiger partial charge in [-0.05, 0) is 73.2 Å². The topological polar surface area (TPSA) is 114 Å². The second-order valence-electron chi connectivity index (χ2n) is 8.98. The first-order valence-corrected chi connectivity index (χ1v) is 15.3. The summed E-state index contributed by atoms with van der Waals surface area (Å²) >= 11 is 0. The lowest BCUT2D eigenvalue weighted by Crippen LogP contribution is -2.31. The molecule has 37 heavy (non-hydrogen) atoms. The zero-order valence-corrected chi connectivity index (χ0v) is 22.7. The second kappa shape index (κ2) is 11.0. The molecular weight excluding hydrogens is 520 g/mol. The van der Waals surface area contributed by atoms with Gasteiger partial charge < -0.3 is 9.47 Å². The summed E-state index contributed by atoms with van der Waals surface area (Å²) in [7, 11) is -6.91. The molecule has 2 aromatic rings. The smallest absolute Gasteiger partial charge is 0.264 e. The molecule has 2 bridgehead atoms. The molecule has 0 fully saturated rings. The summed E-state index contributed by atoms with van der Waals surface area (Å²) in [4.78, 5) is 0. The molecule has 4 rings (SSSR count). The van der Waals surface area contributed by atoms with Gasteiger partial charge >= 0.3 is 0 Å². The van der Waals surface area contributed by atoms with Gasteiger partial charge in [0.2, 0.25) is 12.6 Å². The predicted molar refractivity (Wildman–Crippen MR) is 139 cm³/mol. The molecule has 2 aliphatic rings. The van der Waals surface area contributed by atoms with Gasteiger partial charge in [0.1, 0.15) is 11.5 Å². The van der Waals surface area contributed by atoms with Crippen LogP contribution in [0, 0.1) is 13.8 Å². The van der Waals surface area contributed by atoms with Gasteiger partial charge in [0.15, 0.2) is 0 Å². The zero-order valence-electron chi connectivity index (χ0n) is 21.1. The fraction of sp³-hybridized carbons (Fsp3) is 0.385. The molecule has 0 amide bonds. The van der Waals surface area contributed by atoms with E-state index in [9.17, 15) is 16.8 Å². The lowest BCUT2D eigenvalue weighted by atomic mass is 9.99. The van der Waals surface area contributed by atoms with Gasteiger partial charge in [0.25, 0.3) is 20.2 Å². The van der Waals surface area contributed by atoms with Gasteiger partial charge in [0.05, 0.1) is 36.9 Å². The minimum Gasteiger partial charge on any atom is -0.459 e. The van der Waals surface area contributed by atoms with Crippen LogP contribution < -0.4 is 9.47 Å². The number of fused-ring (bicyclic) bond motifs is 6. The Morgan fingerprint density at radius 3 is 1.51 bits per heavy atom. The van der Waals surface area contributed by atoms with Crippen LogP contribution >= 0.6 is 0 Å². The molecule has 2 aliphatic heterocycles. The summed E-state index contributed by atoms with van der Waals surface area (Å²) in [6.45, 7) is 4.07. The largest absolute Gasteiger partial charge is 0.459 e. The fourth-order valence-electron chi connectivity index (χ4n) is 4.15. The zero-order chi connectivity index (χ0) is 26.8. The molecule has 0 saturated carbocycles. The van der Waals surface area contributed by atoms with E-state index in [1.807, 2.05) is 62.4 Å². The Kier molecular flexibility index (Phi) is 8.10. The van der Waals surface area contributed by atoms with E-state index in [0.29, 0.717) is 24.3 Å². The van der Waals surface area contributed by atoms with Crippen LogP contribution in [0.15, 0.2) is 36.4 Å². The van der Waals surface area contributed by atoms with E-state index in [-0.39, 0.29) is 13.2 Å². The molecular formula is C26H30O9S2. The summed E-state index contributed by atoms with van der Waals surface area (Å²) in [5, 5.41) is 0. The maximum atomic E-state index is 11.1. The molecule has 0 N–H and O–H groups in total. The maximum Gasteiger partial charge on any atom is 0.264 e. The predicted octanol–water partition coefficient (Wildman–Crippen LogP) is 4.56. The number of hydrogen-bond donors (Lipinski definition) is 0. The highest BCUT2D eigenvalue weighted by atomic mass is 32.2. The number of rotatable bonds is 10. The molecule has 0 spiro atoms. The van der Waals surface area contributed by atoms with Crippen molar-refractivity contribution >= 4 is 32.4 Å². The highest BCUT2D eigenvalue weighted by Crippen LogP contribution is 2.50. The summed E-state index contributed by atoms with van der Waals surface area (Å²) in [5.41, 5.74) is 5.23. The normalized spacial score (nSPS) is 18.9. The van der Waals surface area contributed by atoms with Crippen molar-refractivity contribution in [1.29, 1.82) is 0 Å². The first-order valence-electron chi connectivity index (χ1n) is 11.7. The van der Waals surface area contributed by atoms with Crippen molar-refractivity contribution in [2.75, 3.05) is 25.7 Å². The Morgan fingerprint density at radius 2 is 1.14 bits per heavy atom. The van der Waals surface area contributed by atoms with Gasteiger partial charge in [-0.3, -0.25) is 13.1 Å². The van der Waals surface area contributed by atoms with Gasteiger partial charge in [-0.1, -0.05) is 24.3 Å². The van der Waals surface area contributed by atoms with E-state index in [4.69, 9.17) is 22.6 Å². The maximum absolute atomic E-state index is 11.1. The lowest BCUT2D eigenvalue weighted by molar-refractivity contribution is -0.228. The second-order valence-corrected chi connectivity index (χ2v) is 12.3. The van der Waals surface area contributed by atoms with Crippen LogP contribution in [0.4, 0.5) is 0 Å². The quantitative estimate of drug-likeness (QED) is 0.310. The molecule has 0 saturated heterocycles. The minimum absolute atomic E-state index is 0.0839. The SMILES string of the molecule is Cc1cc(/C=C/CCOS(C)(=O)=O)cc2c1OC1OC2Oc2c(C)cc(/C=C/CCOS(C)(=O)=O)cc21. The van der Waals surface area contributed by atoms with Crippen molar-refractivity contribution in [1.82, 2.24) is 0 Å². The lowest BCUT2D eigenvalue weighted by Gasteiger charge is -2.39. The van der Waals surface area contributed by atoms with Gasteiger partial charge in [-0.2, -0.15) is 16.8 Å². The molecule has 200 valence electrons. The van der Waals surface area contributed by atoms with E-state index in [0.717, 1.165) is 45.9 Å². The van der Waals surface area contributed by atoms with Crippen LogP contribution in [0.2, 0.25) is 0 Å². The average Bonchev–Trinajstić information content (AvgIpc) is 2.79. The molecule has 0 radical (unpaired) electrons. The van der Waals surface area contributed by atoms with Crippen LogP contribution in [0.3, 0.4) is 0 Å². The van der Waals surface area contributed by atoms with Crippen LogP contribution in [0.1, 0.15) is 58.8 Å². The highest BCUT2D eigenvalue weighted by Gasteiger charge is 2.39. The van der Waals surface area contributed by atoms with Crippen LogP contribution in [0.25, 0.3) is 12.2 Å². The molecule has 0 aromatic heterocycles. The summed E-state index contributed by atoms with van der Waals surface area (Å²) in [5.74, 6) is 1.42. The third kappa shape index (κ3) is 7.20. The van der Waals surface area contributed by atoms with Gasteiger partial charge in [0, 0.05) is 0 Å². The first-order chi connectivity index (χ1) is 17.4. The molecule has 2 unspecified atom stereocenters. The van der Waals surface area contributed by atoms with E-state index >= 15 is 0 Å². The Bertz CT molecular complexity index is 1330. The van der Waals surface area contributed by atoms with Gasteiger partial charge in [-0.25, -0.2) is 0 Å². The number of hydrogen-bond acceptors (Lipinski definition) is 9. The fourth-order valence-corrected chi connectivity index (χ4v) is 4.95. The van der Waals surface area contributed by atoms with Crippen LogP contribution in [0.5, 0.6) is 11.5 Å².